The van der Waals surface area contributed by atoms with E-state index in [1.807, 2.05) is 51.1 Å². The van der Waals surface area contributed by atoms with Gasteiger partial charge in [0, 0.05) is 6.07 Å². The molecule has 2 N–H and O–H groups in total. The van der Waals surface area contributed by atoms with Gasteiger partial charge in [-0.2, -0.15) is 5.10 Å². The summed E-state index contributed by atoms with van der Waals surface area (Å²) in [4.78, 5) is 24.2. The summed E-state index contributed by atoms with van der Waals surface area (Å²) in [5, 5.41) is 16.4. The van der Waals surface area contributed by atoms with Crippen LogP contribution in [0.4, 0.5) is 0 Å². The van der Waals surface area contributed by atoms with E-state index >= 15 is 0 Å². The Kier molecular flexibility index (Phi) is 7.90. The molecule has 0 unspecified atom stereocenters. The van der Waals surface area contributed by atoms with Gasteiger partial charge in [-0.25, -0.2) is 9.48 Å². The topological polar surface area (TPSA) is 103 Å². The van der Waals surface area contributed by atoms with Crippen molar-refractivity contribution in [2.24, 2.45) is 5.41 Å². The summed E-state index contributed by atoms with van der Waals surface area (Å²) in [5.74, 6) is -1.13. The number of hydrogen-bond acceptors (Lipinski definition) is 5. The van der Waals surface area contributed by atoms with Gasteiger partial charge in [0.1, 0.15) is 6.54 Å². The highest BCUT2D eigenvalue weighted by molar-refractivity contribution is 5.85. The van der Waals surface area contributed by atoms with Crippen molar-refractivity contribution in [1.29, 1.82) is 0 Å². The van der Waals surface area contributed by atoms with Crippen molar-refractivity contribution >= 4 is 11.9 Å². The third-order valence-electron chi connectivity index (χ3n) is 5.26. The summed E-state index contributed by atoms with van der Waals surface area (Å²) in [6.45, 7) is 6.79. The second kappa shape index (κ2) is 10.6. The number of rotatable bonds is 9. The maximum Gasteiger partial charge on any atom is 0.356 e. The van der Waals surface area contributed by atoms with Crippen molar-refractivity contribution in [3.8, 4) is 5.88 Å². The Labute approximate surface area is 188 Å². The molecule has 1 saturated carbocycles. The second-order valence-electron chi connectivity index (χ2n) is 9.47. The van der Waals surface area contributed by atoms with Crippen LogP contribution in [0.15, 0.2) is 36.4 Å². The SMILES string of the molecule is CC(C)(C)COc1cc(C(=O)O)nn1CC(=O)N[C@H]1CCCC[C@@H]1OCc1ccccc1. The van der Waals surface area contributed by atoms with Crippen LogP contribution in [0.3, 0.4) is 0 Å². The van der Waals surface area contributed by atoms with Crippen molar-refractivity contribution in [2.45, 2.75) is 71.8 Å². The molecule has 8 nitrogen and oxygen atoms in total. The first-order chi connectivity index (χ1) is 15.2. The first kappa shape index (κ1) is 23.8. The van der Waals surface area contributed by atoms with Gasteiger partial charge in [0.05, 0.1) is 25.4 Å². The molecule has 1 aromatic heterocycles. The summed E-state index contributed by atoms with van der Waals surface area (Å²) in [5.41, 5.74) is 0.830. The second-order valence-corrected chi connectivity index (χ2v) is 9.47. The smallest absolute Gasteiger partial charge is 0.356 e. The minimum Gasteiger partial charge on any atom is -0.477 e. The van der Waals surface area contributed by atoms with Crippen LogP contribution < -0.4 is 10.1 Å². The zero-order valence-electron chi connectivity index (χ0n) is 19.0. The molecule has 0 radical (unpaired) electrons. The zero-order valence-corrected chi connectivity index (χ0v) is 19.0. The predicted octanol–water partition coefficient (Wildman–Crippen LogP) is 3.65. The quantitative estimate of drug-likeness (QED) is 0.613. The van der Waals surface area contributed by atoms with E-state index in [0.29, 0.717) is 13.2 Å². The van der Waals surface area contributed by atoms with Crippen molar-refractivity contribution in [3.63, 3.8) is 0 Å². The van der Waals surface area contributed by atoms with Crippen LogP contribution >= 0.6 is 0 Å². The summed E-state index contributed by atoms with van der Waals surface area (Å²) in [7, 11) is 0. The standard InChI is InChI=1S/C24H33N3O5/c1-24(2,3)16-32-22-13-19(23(29)30)26-27(22)14-21(28)25-18-11-7-8-12-20(18)31-15-17-9-5-4-6-10-17/h4-6,9-10,13,18,20H,7-8,11-12,14-16H2,1-3H3,(H,25,28)(H,29,30)/t18-,20-/m0/s1. The average molecular weight is 444 g/mol. The normalized spacial score (nSPS) is 18.8. The minimum atomic E-state index is -1.16. The number of carboxylic acids is 1. The fourth-order valence-corrected chi connectivity index (χ4v) is 3.65. The lowest BCUT2D eigenvalue weighted by Gasteiger charge is -2.32. The van der Waals surface area contributed by atoms with Crippen LogP contribution in [-0.2, 0) is 22.7 Å². The molecule has 1 aliphatic carbocycles. The number of ether oxygens (including phenoxy) is 2. The van der Waals surface area contributed by atoms with Crippen molar-refractivity contribution in [2.75, 3.05) is 6.61 Å². The lowest BCUT2D eigenvalue weighted by atomic mass is 9.92. The Balaban J connectivity index is 1.62. The van der Waals surface area contributed by atoms with Gasteiger partial charge in [0.15, 0.2) is 5.69 Å². The average Bonchev–Trinajstić information content (AvgIpc) is 3.15. The van der Waals surface area contributed by atoms with E-state index in [2.05, 4.69) is 10.4 Å². The summed E-state index contributed by atoms with van der Waals surface area (Å²) >= 11 is 0. The summed E-state index contributed by atoms with van der Waals surface area (Å²) in [6.07, 6.45) is 3.77. The lowest BCUT2D eigenvalue weighted by Crippen LogP contribution is -2.47. The molecule has 1 fully saturated rings. The number of aromatic carboxylic acids is 1. The Morgan fingerprint density at radius 3 is 2.59 bits per heavy atom. The van der Waals surface area contributed by atoms with E-state index in [9.17, 15) is 14.7 Å². The number of nitrogens with zero attached hydrogens (tertiary/aromatic N) is 2. The molecular weight excluding hydrogens is 410 g/mol. The molecule has 32 heavy (non-hydrogen) atoms. The number of nitrogens with one attached hydrogen (secondary N) is 1. The molecule has 174 valence electrons. The first-order valence-corrected chi connectivity index (χ1v) is 11.1. The summed E-state index contributed by atoms with van der Waals surface area (Å²) in [6, 6.07) is 11.2. The largest absolute Gasteiger partial charge is 0.477 e. The van der Waals surface area contributed by atoms with Gasteiger partial charge in [-0.1, -0.05) is 63.9 Å². The van der Waals surface area contributed by atoms with E-state index in [4.69, 9.17) is 9.47 Å². The van der Waals surface area contributed by atoms with E-state index in [0.717, 1.165) is 31.2 Å². The number of carboxylic acid groups (broad SMARTS) is 1. The molecule has 0 saturated heterocycles. The lowest BCUT2D eigenvalue weighted by molar-refractivity contribution is -0.124. The van der Waals surface area contributed by atoms with Gasteiger partial charge < -0.3 is 19.9 Å². The molecule has 1 aliphatic rings. The van der Waals surface area contributed by atoms with Gasteiger partial charge in [0.2, 0.25) is 11.8 Å². The van der Waals surface area contributed by atoms with Crippen LogP contribution in [0.25, 0.3) is 0 Å². The molecule has 0 spiro atoms. The molecule has 1 aromatic carbocycles. The fraction of sp³-hybridized carbons (Fsp3) is 0.542. The number of hydrogen-bond donors (Lipinski definition) is 2. The van der Waals surface area contributed by atoms with Crippen LogP contribution in [-0.4, -0.2) is 45.5 Å². The molecule has 8 heteroatoms. The number of carbonyl (C=O) groups excluding carboxylic acids is 1. The minimum absolute atomic E-state index is 0.0586. The third kappa shape index (κ3) is 7.09. The van der Waals surface area contributed by atoms with Crippen LogP contribution in [0.5, 0.6) is 5.88 Å². The molecule has 0 aliphatic heterocycles. The Hall–Kier alpha value is -2.87. The van der Waals surface area contributed by atoms with E-state index < -0.39 is 5.97 Å². The van der Waals surface area contributed by atoms with Crippen LogP contribution in [0.2, 0.25) is 0 Å². The van der Waals surface area contributed by atoms with Gasteiger partial charge in [-0.15, -0.1) is 0 Å². The van der Waals surface area contributed by atoms with Crippen molar-refractivity contribution in [1.82, 2.24) is 15.1 Å². The highest BCUT2D eigenvalue weighted by Crippen LogP contribution is 2.23. The summed E-state index contributed by atoms with van der Waals surface area (Å²) < 4.78 is 13.2. The molecule has 0 bridgehead atoms. The van der Waals surface area contributed by atoms with E-state index in [-0.39, 0.29) is 41.6 Å². The maximum absolute atomic E-state index is 12.8. The van der Waals surface area contributed by atoms with E-state index in [1.165, 1.54) is 10.7 Å². The highest BCUT2D eigenvalue weighted by atomic mass is 16.5. The van der Waals surface area contributed by atoms with Gasteiger partial charge in [-0.3, -0.25) is 4.79 Å². The van der Waals surface area contributed by atoms with Crippen LogP contribution in [0.1, 0.15) is 62.5 Å². The predicted molar refractivity (Wildman–Crippen MR) is 120 cm³/mol. The Morgan fingerprint density at radius 2 is 1.91 bits per heavy atom. The number of aromatic nitrogens is 2. The number of amides is 1. The van der Waals surface area contributed by atoms with Crippen LogP contribution in [0, 0.1) is 5.41 Å². The molecule has 1 heterocycles. The molecule has 2 atom stereocenters. The molecule has 2 aromatic rings. The van der Waals surface area contributed by atoms with Gasteiger partial charge in [-0.05, 0) is 23.8 Å². The Morgan fingerprint density at radius 1 is 1.19 bits per heavy atom. The van der Waals surface area contributed by atoms with Crippen molar-refractivity contribution in [3.05, 3.63) is 47.7 Å². The maximum atomic E-state index is 12.8. The molecular formula is C24H33N3O5. The van der Waals surface area contributed by atoms with E-state index in [1.54, 1.807) is 0 Å². The van der Waals surface area contributed by atoms with Crippen molar-refractivity contribution < 1.29 is 24.2 Å². The fourth-order valence-electron chi connectivity index (χ4n) is 3.65. The van der Waals surface area contributed by atoms with Gasteiger partial charge >= 0.3 is 5.97 Å². The number of carbonyl (C=O) groups is 2. The molecule has 3 rings (SSSR count). The highest BCUT2D eigenvalue weighted by Gasteiger charge is 2.28. The third-order valence-corrected chi connectivity index (χ3v) is 5.26. The molecule has 1 amide bonds. The Bertz CT molecular complexity index is 904. The number of benzene rings is 1. The zero-order chi connectivity index (χ0) is 23.1. The van der Waals surface area contributed by atoms with Gasteiger partial charge in [0.25, 0.3) is 0 Å². The monoisotopic (exact) mass is 443 g/mol. The first-order valence-electron chi connectivity index (χ1n) is 11.1.